The number of hydrogen-bond acceptors (Lipinski definition) is 3. The van der Waals surface area contributed by atoms with E-state index in [1.54, 1.807) is 0 Å². The van der Waals surface area contributed by atoms with Crippen LogP contribution in [0.4, 0.5) is 0 Å². The molecule has 0 amide bonds. The second kappa shape index (κ2) is 5.69. The fourth-order valence-electron chi connectivity index (χ4n) is 0.871. The molecule has 0 saturated heterocycles. The van der Waals surface area contributed by atoms with E-state index in [1.807, 2.05) is 13.8 Å². The monoisotopic (exact) mass is 205 g/mol. The van der Waals surface area contributed by atoms with E-state index >= 15 is 0 Å². The highest BCUT2D eigenvalue weighted by molar-refractivity contribution is 8.00. The summed E-state index contributed by atoms with van der Waals surface area (Å²) in [5, 5.41) is 8.39. The zero-order chi connectivity index (χ0) is 10.4. The molecule has 0 fully saturated rings. The Labute approximate surface area is 81.6 Å². The van der Waals surface area contributed by atoms with Gasteiger partial charge < -0.3 is 16.6 Å². The van der Waals surface area contributed by atoms with Crippen LogP contribution in [0.15, 0.2) is 4.99 Å². The first-order valence-electron chi connectivity index (χ1n) is 3.87. The van der Waals surface area contributed by atoms with E-state index in [9.17, 15) is 4.79 Å². The van der Waals surface area contributed by atoms with Crippen molar-refractivity contribution in [1.29, 1.82) is 0 Å². The van der Waals surface area contributed by atoms with Gasteiger partial charge in [-0.1, -0.05) is 6.92 Å². The molecule has 0 radical (unpaired) electrons. The normalized spacial score (nSPS) is 14.6. The highest BCUT2D eigenvalue weighted by Gasteiger charge is 2.11. The van der Waals surface area contributed by atoms with E-state index in [0.29, 0.717) is 0 Å². The van der Waals surface area contributed by atoms with Crippen molar-refractivity contribution in [3.8, 4) is 0 Å². The third-order valence-electron chi connectivity index (χ3n) is 1.22. The highest BCUT2D eigenvalue weighted by Crippen LogP contribution is 2.20. The van der Waals surface area contributed by atoms with Gasteiger partial charge in [-0.3, -0.25) is 4.79 Å². The Bertz CT molecular complexity index is 204. The molecular formula is C7H15N3O2S. The molecule has 0 rings (SSSR count). The maximum absolute atomic E-state index is 10.3. The summed E-state index contributed by atoms with van der Waals surface area (Å²) in [6, 6.07) is 0. The summed E-state index contributed by atoms with van der Waals surface area (Å²) in [7, 11) is 0. The molecule has 13 heavy (non-hydrogen) atoms. The van der Waals surface area contributed by atoms with Crippen LogP contribution < -0.4 is 11.5 Å². The lowest BCUT2D eigenvalue weighted by Gasteiger charge is -2.11. The number of thioether (sulfide) groups is 1. The number of nitrogens with two attached hydrogens (primary N) is 2. The molecule has 0 aromatic carbocycles. The van der Waals surface area contributed by atoms with Crippen molar-refractivity contribution in [2.75, 3.05) is 0 Å². The Hall–Kier alpha value is -0.910. The van der Waals surface area contributed by atoms with E-state index in [2.05, 4.69) is 4.99 Å². The van der Waals surface area contributed by atoms with Crippen LogP contribution >= 0.6 is 11.8 Å². The quantitative estimate of drug-likeness (QED) is 0.439. The molecule has 2 atom stereocenters. The predicted molar refractivity (Wildman–Crippen MR) is 54.6 cm³/mol. The summed E-state index contributed by atoms with van der Waals surface area (Å²) in [6.45, 7) is 3.65. The first-order chi connectivity index (χ1) is 5.91. The van der Waals surface area contributed by atoms with E-state index < -0.39 is 5.97 Å². The van der Waals surface area contributed by atoms with Gasteiger partial charge >= 0.3 is 5.97 Å². The van der Waals surface area contributed by atoms with Crippen molar-refractivity contribution in [3.63, 3.8) is 0 Å². The Morgan fingerprint density at radius 2 is 2.08 bits per heavy atom. The Kier molecular flexibility index (Phi) is 5.29. The number of carbonyl (C=O) groups is 1. The largest absolute Gasteiger partial charge is 0.481 e. The van der Waals surface area contributed by atoms with Gasteiger partial charge in [0.1, 0.15) is 0 Å². The molecule has 0 saturated carbocycles. The molecule has 0 aliphatic carbocycles. The van der Waals surface area contributed by atoms with Crippen molar-refractivity contribution in [2.24, 2.45) is 16.5 Å². The van der Waals surface area contributed by atoms with Crippen LogP contribution in [0.5, 0.6) is 0 Å². The minimum absolute atomic E-state index is 0.00981. The average Bonchev–Trinajstić information content (AvgIpc) is 1.80. The number of hydrogen-bond donors (Lipinski definition) is 3. The zero-order valence-corrected chi connectivity index (χ0v) is 8.54. The van der Waals surface area contributed by atoms with Crippen LogP contribution in [0.2, 0.25) is 0 Å². The molecule has 0 aliphatic rings. The summed E-state index contributed by atoms with van der Waals surface area (Å²) in [5.41, 5.74) is 10.3. The lowest BCUT2D eigenvalue weighted by molar-refractivity contribution is -0.136. The SMILES string of the molecule is CC(CC(=O)O)SC(C)N=C(N)N. The van der Waals surface area contributed by atoms with Gasteiger partial charge in [0, 0.05) is 5.25 Å². The number of aliphatic imine (C=N–C) groups is 1. The van der Waals surface area contributed by atoms with Gasteiger partial charge in [0.2, 0.25) is 0 Å². The van der Waals surface area contributed by atoms with Crippen molar-refractivity contribution < 1.29 is 9.90 Å². The lowest BCUT2D eigenvalue weighted by Crippen LogP contribution is -2.24. The highest BCUT2D eigenvalue weighted by atomic mass is 32.2. The number of rotatable bonds is 5. The maximum atomic E-state index is 10.3. The predicted octanol–water partition coefficient (Wildman–Crippen LogP) is 0.202. The van der Waals surface area contributed by atoms with Crippen LogP contribution in [0, 0.1) is 0 Å². The molecule has 5 N–H and O–H groups in total. The third kappa shape index (κ3) is 7.45. The molecule has 0 aliphatic heterocycles. The Morgan fingerprint density at radius 1 is 1.54 bits per heavy atom. The molecule has 76 valence electrons. The van der Waals surface area contributed by atoms with E-state index in [1.165, 1.54) is 11.8 Å². The molecule has 2 unspecified atom stereocenters. The van der Waals surface area contributed by atoms with Gasteiger partial charge in [-0.15, -0.1) is 11.8 Å². The van der Waals surface area contributed by atoms with Crippen LogP contribution in [-0.2, 0) is 4.79 Å². The fraction of sp³-hybridized carbons (Fsp3) is 0.714. The summed E-state index contributed by atoms with van der Waals surface area (Å²) < 4.78 is 0. The fourth-order valence-corrected chi connectivity index (χ4v) is 1.96. The van der Waals surface area contributed by atoms with Gasteiger partial charge in [0.15, 0.2) is 5.96 Å². The van der Waals surface area contributed by atoms with Crippen molar-refractivity contribution in [3.05, 3.63) is 0 Å². The van der Waals surface area contributed by atoms with E-state index in [4.69, 9.17) is 16.6 Å². The molecule has 6 heteroatoms. The summed E-state index contributed by atoms with van der Waals surface area (Å²) in [5.74, 6) is -0.778. The zero-order valence-electron chi connectivity index (χ0n) is 7.73. The van der Waals surface area contributed by atoms with Crippen LogP contribution in [0.3, 0.4) is 0 Å². The van der Waals surface area contributed by atoms with Gasteiger partial charge in [0.05, 0.1) is 11.8 Å². The molecule has 0 heterocycles. The Balaban J connectivity index is 3.84. The lowest BCUT2D eigenvalue weighted by atomic mass is 10.3. The smallest absolute Gasteiger partial charge is 0.304 e. The number of nitrogens with zero attached hydrogens (tertiary/aromatic N) is 1. The first-order valence-corrected chi connectivity index (χ1v) is 4.82. The second-order valence-corrected chi connectivity index (χ2v) is 4.46. The standard InChI is InChI=1S/C7H15N3O2S/c1-4(3-6(11)12)13-5(2)10-7(8)9/h4-5H,3H2,1-2H3,(H,11,12)(H4,8,9,10). The third-order valence-corrected chi connectivity index (χ3v) is 2.35. The van der Waals surface area contributed by atoms with Crippen LogP contribution in [0.25, 0.3) is 0 Å². The molecule has 0 aromatic heterocycles. The topological polar surface area (TPSA) is 102 Å². The molecule has 0 spiro atoms. The van der Waals surface area contributed by atoms with Crippen LogP contribution in [0.1, 0.15) is 20.3 Å². The second-order valence-electron chi connectivity index (χ2n) is 2.70. The summed E-state index contributed by atoms with van der Waals surface area (Å²) in [6.07, 6.45) is 0.120. The molecule has 0 bridgehead atoms. The maximum Gasteiger partial charge on any atom is 0.304 e. The molecular weight excluding hydrogens is 190 g/mol. The number of aliphatic carboxylic acids is 1. The molecule has 0 aromatic rings. The van der Waals surface area contributed by atoms with Crippen molar-refractivity contribution in [1.82, 2.24) is 0 Å². The van der Waals surface area contributed by atoms with Gasteiger partial charge in [-0.25, -0.2) is 4.99 Å². The van der Waals surface area contributed by atoms with E-state index in [0.717, 1.165) is 0 Å². The number of guanidine groups is 1. The summed E-state index contributed by atoms with van der Waals surface area (Å²) in [4.78, 5) is 14.2. The molecule has 5 nitrogen and oxygen atoms in total. The first kappa shape index (κ1) is 12.1. The average molecular weight is 205 g/mol. The minimum Gasteiger partial charge on any atom is -0.481 e. The Morgan fingerprint density at radius 3 is 2.46 bits per heavy atom. The minimum atomic E-state index is -0.808. The van der Waals surface area contributed by atoms with Gasteiger partial charge in [0.25, 0.3) is 0 Å². The van der Waals surface area contributed by atoms with Gasteiger partial charge in [-0.05, 0) is 6.92 Å². The van der Waals surface area contributed by atoms with E-state index in [-0.39, 0.29) is 23.0 Å². The van der Waals surface area contributed by atoms with Gasteiger partial charge in [-0.2, -0.15) is 0 Å². The summed E-state index contributed by atoms with van der Waals surface area (Å²) >= 11 is 1.43. The number of carboxylic acids is 1. The number of carboxylic acid groups (broad SMARTS) is 1. The van der Waals surface area contributed by atoms with Crippen molar-refractivity contribution in [2.45, 2.75) is 30.9 Å². The van der Waals surface area contributed by atoms with Crippen LogP contribution in [-0.4, -0.2) is 27.7 Å². The van der Waals surface area contributed by atoms with Crippen molar-refractivity contribution >= 4 is 23.7 Å².